The molecule has 1 saturated heterocycles. The third-order valence-corrected chi connectivity index (χ3v) is 3.91. The topological polar surface area (TPSA) is 58.4 Å². The summed E-state index contributed by atoms with van der Waals surface area (Å²) in [6.07, 6.45) is -5.47. The van der Waals surface area contributed by atoms with Crippen molar-refractivity contribution in [3.8, 4) is 0 Å². The van der Waals surface area contributed by atoms with Gasteiger partial charge >= 0.3 is 6.18 Å². The number of nitrogens with one attached hydrogen (secondary N) is 1. The maximum Gasteiger partial charge on any atom is 0.390 e. The first kappa shape index (κ1) is 23.2. The van der Waals surface area contributed by atoms with Crippen LogP contribution in [0.25, 0.3) is 0 Å². The summed E-state index contributed by atoms with van der Waals surface area (Å²) in [6, 6.07) is 2.59. The first-order chi connectivity index (χ1) is 10.3. The molecular formula is C13H17Cl3F3N3O2. The van der Waals surface area contributed by atoms with E-state index in [1.807, 2.05) is 0 Å². The number of benzene rings is 1. The lowest BCUT2D eigenvalue weighted by Gasteiger charge is -2.36. The van der Waals surface area contributed by atoms with E-state index in [2.05, 4.69) is 5.32 Å². The van der Waals surface area contributed by atoms with Gasteiger partial charge in [0.25, 0.3) is 5.69 Å². The van der Waals surface area contributed by atoms with Crippen molar-refractivity contribution in [2.75, 3.05) is 26.2 Å². The van der Waals surface area contributed by atoms with Crippen molar-refractivity contribution in [1.82, 2.24) is 10.2 Å². The minimum atomic E-state index is -4.39. The summed E-state index contributed by atoms with van der Waals surface area (Å²) in [5, 5.41) is 14.0. The van der Waals surface area contributed by atoms with E-state index in [9.17, 15) is 23.3 Å². The molecule has 1 fully saturated rings. The SMILES string of the molecule is Cl.Cl.O=[N+]([O-])c1ccc(Cl)c([C@@H](CC(F)(F)F)N2CCNCC2)c1. The first-order valence-corrected chi connectivity index (χ1v) is 7.11. The van der Waals surface area contributed by atoms with Crippen LogP contribution in [-0.4, -0.2) is 42.2 Å². The number of piperazine rings is 1. The lowest BCUT2D eigenvalue weighted by atomic mass is 10.00. The van der Waals surface area contributed by atoms with Gasteiger partial charge in [-0.25, -0.2) is 0 Å². The summed E-state index contributed by atoms with van der Waals surface area (Å²) >= 11 is 6.01. The molecule has 0 saturated carbocycles. The molecule has 0 amide bonds. The van der Waals surface area contributed by atoms with Crippen LogP contribution in [0.15, 0.2) is 18.2 Å². The van der Waals surface area contributed by atoms with Crippen molar-refractivity contribution in [1.29, 1.82) is 0 Å². The van der Waals surface area contributed by atoms with E-state index in [0.29, 0.717) is 26.2 Å². The molecule has 5 nitrogen and oxygen atoms in total. The predicted molar refractivity (Wildman–Crippen MR) is 90.5 cm³/mol. The van der Waals surface area contributed by atoms with Crippen molar-refractivity contribution in [3.05, 3.63) is 38.9 Å². The van der Waals surface area contributed by atoms with Gasteiger partial charge in [0.2, 0.25) is 0 Å². The summed E-state index contributed by atoms with van der Waals surface area (Å²) in [5.74, 6) is 0. The van der Waals surface area contributed by atoms with Crippen LogP contribution in [-0.2, 0) is 0 Å². The molecule has 1 atom stereocenters. The van der Waals surface area contributed by atoms with Crippen LogP contribution in [0.4, 0.5) is 18.9 Å². The second-order valence-corrected chi connectivity index (χ2v) is 5.49. The standard InChI is InChI=1S/C13H15ClF3N3O2.2ClH/c14-11-2-1-9(20(21)22)7-10(11)12(8-13(15,16)17)19-5-3-18-4-6-19;;/h1-2,7,12,18H,3-6,8H2;2*1H/t12-;;/m1../s1. The molecule has 2 rings (SSSR count). The van der Waals surface area contributed by atoms with Crippen molar-refractivity contribution in [3.63, 3.8) is 0 Å². The van der Waals surface area contributed by atoms with Crippen LogP contribution in [0.1, 0.15) is 18.0 Å². The normalized spacial score (nSPS) is 16.7. The molecule has 1 heterocycles. The van der Waals surface area contributed by atoms with Crippen molar-refractivity contribution in [2.45, 2.75) is 18.6 Å². The van der Waals surface area contributed by atoms with E-state index in [-0.39, 0.29) is 41.1 Å². The van der Waals surface area contributed by atoms with Crippen molar-refractivity contribution < 1.29 is 18.1 Å². The fraction of sp³-hybridized carbons (Fsp3) is 0.538. The van der Waals surface area contributed by atoms with Gasteiger partial charge in [0.05, 0.1) is 11.3 Å². The summed E-state index contributed by atoms with van der Waals surface area (Å²) in [6.45, 7) is 2.00. The Morgan fingerprint density at radius 2 is 1.88 bits per heavy atom. The second-order valence-electron chi connectivity index (χ2n) is 5.08. The number of nitro benzene ring substituents is 1. The Kier molecular flexibility index (Phi) is 9.30. The quantitative estimate of drug-likeness (QED) is 0.602. The zero-order valence-corrected chi connectivity index (χ0v) is 14.8. The van der Waals surface area contributed by atoms with Gasteiger partial charge in [0, 0.05) is 49.4 Å². The summed E-state index contributed by atoms with van der Waals surface area (Å²) in [4.78, 5) is 11.9. The third kappa shape index (κ3) is 6.25. The van der Waals surface area contributed by atoms with Crippen LogP contribution >= 0.6 is 36.4 Å². The smallest absolute Gasteiger partial charge is 0.314 e. The Labute approximate surface area is 154 Å². The number of halogens is 6. The average Bonchev–Trinajstić information content (AvgIpc) is 2.45. The lowest BCUT2D eigenvalue weighted by molar-refractivity contribution is -0.385. The Bertz CT molecular complexity index is 555. The summed E-state index contributed by atoms with van der Waals surface area (Å²) in [5.41, 5.74) is -0.114. The number of nitro groups is 1. The first-order valence-electron chi connectivity index (χ1n) is 6.73. The van der Waals surface area contributed by atoms with Crippen LogP contribution in [0.2, 0.25) is 5.02 Å². The van der Waals surface area contributed by atoms with Crippen LogP contribution < -0.4 is 5.32 Å². The van der Waals surface area contributed by atoms with Crippen molar-refractivity contribution >= 4 is 42.1 Å². The van der Waals surface area contributed by atoms with E-state index in [1.54, 1.807) is 4.90 Å². The molecule has 0 unspecified atom stereocenters. The third-order valence-electron chi connectivity index (χ3n) is 3.57. The highest BCUT2D eigenvalue weighted by molar-refractivity contribution is 6.31. The Hall–Kier alpha value is -0.800. The highest BCUT2D eigenvalue weighted by atomic mass is 35.5. The Balaban J connectivity index is 0.00000264. The van der Waals surface area contributed by atoms with Gasteiger partial charge in [-0.05, 0) is 11.6 Å². The number of rotatable bonds is 4. The highest BCUT2D eigenvalue weighted by Gasteiger charge is 2.37. The number of nitrogens with zero attached hydrogens (tertiary/aromatic N) is 2. The summed E-state index contributed by atoms with van der Waals surface area (Å²) < 4.78 is 38.8. The van der Waals surface area contributed by atoms with E-state index in [1.165, 1.54) is 12.1 Å². The fourth-order valence-electron chi connectivity index (χ4n) is 2.55. The molecule has 1 N–H and O–H groups in total. The monoisotopic (exact) mass is 409 g/mol. The molecule has 0 aromatic heterocycles. The summed E-state index contributed by atoms with van der Waals surface area (Å²) in [7, 11) is 0. The predicted octanol–water partition coefficient (Wildman–Crippen LogP) is 3.99. The molecule has 138 valence electrons. The van der Waals surface area contributed by atoms with E-state index in [0.717, 1.165) is 6.07 Å². The Morgan fingerprint density at radius 1 is 1.29 bits per heavy atom. The van der Waals surface area contributed by atoms with Crippen LogP contribution in [0, 0.1) is 10.1 Å². The molecular weight excluding hydrogens is 394 g/mol. The van der Waals surface area contributed by atoms with E-state index < -0.39 is 23.6 Å². The number of alkyl halides is 3. The molecule has 0 aliphatic carbocycles. The molecule has 1 aliphatic heterocycles. The largest absolute Gasteiger partial charge is 0.390 e. The zero-order valence-electron chi connectivity index (χ0n) is 12.4. The molecule has 11 heteroatoms. The minimum absolute atomic E-state index is 0. The van der Waals surface area contributed by atoms with Crippen molar-refractivity contribution in [2.24, 2.45) is 0 Å². The number of hydrogen-bond acceptors (Lipinski definition) is 4. The molecule has 1 aromatic carbocycles. The molecule has 1 aromatic rings. The number of hydrogen-bond donors (Lipinski definition) is 1. The van der Waals surface area contributed by atoms with E-state index >= 15 is 0 Å². The molecule has 0 spiro atoms. The van der Waals surface area contributed by atoms with Gasteiger partial charge in [-0.2, -0.15) is 13.2 Å². The van der Waals surface area contributed by atoms with Gasteiger partial charge in [0.15, 0.2) is 0 Å². The molecule has 24 heavy (non-hydrogen) atoms. The maximum atomic E-state index is 12.9. The van der Waals surface area contributed by atoms with Crippen LogP contribution in [0.3, 0.4) is 0 Å². The van der Waals surface area contributed by atoms with Crippen LogP contribution in [0.5, 0.6) is 0 Å². The molecule has 0 radical (unpaired) electrons. The molecule has 1 aliphatic rings. The lowest BCUT2D eigenvalue weighted by Crippen LogP contribution is -2.46. The maximum absolute atomic E-state index is 12.9. The second kappa shape index (κ2) is 9.62. The number of non-ortho nitro benzene ring substituents is 1. The van der Waals surface area contributed by atoms with Gasteiger partial charge in [-0.3, -0.25) is 15.0 Å². The zero-order chi connectivity index (χ0) is 16.3. The minimum Gasteiger partial charge on any atom is -0.314 e. The highest BCUT2D eigenvalue weighted by Crippen LogP contribution is 2.38. The average molecular weight is 411 g/mol. The van der Waals surface area contributed by atoms with Gasteiger partial charge in [-0.1, -0.05) is 11.6 Å². The van der Waals surface area contributed by atoms with E-state index in [4.69, 9.17) is 11.6 Å². The van der Waals surface area contributed by atoms with Gasteiger partial charge < -0.3 is 5.32 Å². The van der Waals surface area contributed by atoms with Gasteiger partial charge in [-0.15, -0.1) is 24.8 Å². The molecule has 0 bridgehead atoms. The van der Waals surface area contributed by atoms with Gasteiger partial charge in [0.1, 0.15) is 0 Å². The fourth-order valence-corrected chi connectivity index (χ4v) is 2.79. The Morgan fingerprint density at radius 3 is 2.38 bits per heavy atom.